The summed E-state index contributed by atoms with van der Waals surface area (Å²) < 4.78 is 25.9. The maximum atomic E-state index is 9.19. The average Bonchev–Trinajstić information content (AvgIpc) is 0.722. The third kappa shape index (κ3) is 133. The molecule has 1 N–H and O–H groups in total. The first-order valence-electron chi connectivity index (χ1n) is 0.924. The molecule has 7 heavy (non-hydrogen) atoms. The molecule has 0 radical (unpaired) electrons. The van der Waals surface area contributed by atoms with E-state index in [1.807, 2.05) is 0 Å². The summed E-state index contributed by atoms with van der Waals surface area (Å²) in [5.74, 6) is 0. The van der Waals surface area contributed by atoms with Crippen molar-refractivity contribution in [3.63, 3.8) is 0 Å². The summed E-state index contributed by atoms with van der Waals surface area (Å²) in [6.45, 7) is 0. The van der Waals surface area contributed by atoms with E-state index in [4.69, 9.17) is 4.55 Å². The Morgan fingerprint density at radius 2 is 1.43 bits per heavy atom. The van der Waals surface area contributed by atoms with Gasteiger partial charge in [-0.3, -0.25) is 9.26 Å². The smallest absolute Gasteiger partial charge is 0.261 e. The first-order valence-corrected chi connectivity index (χ1v) is 2.77. The average molecular weight is 256 g/mol. The predicted molar refractivity (Wildman–Crippen MR) is 20.0 cm³/mol. The minimum atomic E-state index is -3.67. The van der Waals surface area contributed by atoms with Crippen LogP contribution in [0.4, 0.5) is 4.70 Å². The van der Waals surface area contributed by atoms with Crippen LogP contribution in [-0.2, 0) is 10.1 Å². The molecule has 0 aromatic carbocycles. The van der Waals surface area contributed by atoms with Gasteiger partial charge in [0.25, 0.3) is 10.1 Å². The number of hydrogen-bond donors (Lipinski definition) is 1. The van der Waals surface area contributed by atoms with Gasteiger partial charge in [-0.2, -0.15) is 8.42 Å². The molecule has 6 heteroatoms. The molecule has 0 unspecified atom stereocenters. The van der Waals surface area contributed by atoms with E-state index in [9.17, 15) is 8.42 Å². The van der Waals surface area contributed by atoms with Crippen molar-refractivity contribution in [1.82, 2.24) is 0 Å². The first kappa shape index (κ1) is 15.7. The third-order valence-corrected chi connectivity index (χ3v) is 0. The molecule has 0 aliphatic carbocycles. The van der Waals surface area contributed by atoms with Gasteiger partial charge in [0.1, 0.15) is 0 Å². The van der Waals surface area contributed by atoms with E-state index in [-0.39, 0.29) is 46.5 Å². The molecule has 0 aromatic heterocycles. The van der Waals surface area contributed by atoms with Gasteiger partial charge in [0.05, 0.1) is 6.26 Å². The van der Waals surface area contributed by atoms with Crippen LogP contribution in [0.3, 0.4) is 0 Å². The van der Waals surface area contributed by atoms with Crippen LogP contribution in [0.15, 0.2) is 0 Å². The quantitative estimate of drug-likeness (QED) is 0.603. The molecule has 0 fully saturated rings. The largest absolute Gasteiger partial charge is 0.286 e. The van der Waals surface area contributed by atoms with Crippen LogP contribution in [0, 0.1) is 41.7 Å². The van der Waals surface area contributed by atoms with Gasteiger partial charge >= 0.3 is 0 Å². The van der Waals surface area contributed by atoms with E-state index in [1.165, 1.54) is 0 Å². The molecule has 0 aliphatic rings. The van der Waals surface area contributed by atoms with Gasteiger partial charge in [-0.1, -0.05) is 0 Å². The Morgan fingerprint density at radius 1 is 1.43 bits per heavy atom. The van der Waals surface area contributed by atoms with Crippen molar-refractivity contribution in [2.24, 2.45) is 0 Å². The van der Waals surface area contributed by atoms with Gasteiger partial charge in [0.2, 0.25) is 0 Å². The molecule has 0 bridgehead atoms. The molecule has 0 aromatic rings. The Bertz CT molecular complexity index is 98.1. The molecular weight excluding hydrogens is 251 g/mol. The summed E-state index contributed by atoms with van der Waals surface area (Å²) in [6, 6.07) is 0. The molecule has 0 spiro atoms. The van der Waals surface area contributed by atoms with Crippen molar-refractivity contribution in [3.05, 3.63) is 0 Å². The fourth-order valence-corrected chi connectivity index (χ4v) is 0. The van der Waals surface area contributed by atoms with Gasteiger partial charge < -0.3 is 0 Å². The topological polar surface area (TPSA) is 54.4 Å². The minimum Gasteiger partial charge on any atom is -0.286 e. The van der Waals surface area contributed by atoms with Gasteiger partial charge in [-0.15, -0.1) is 0 Å². The molecule has 0 aliphatic heterocycles. The van der Waals surface area contributed by atoms with E-state index >= 15 is 0 Å². The molecule has 44 valence electrons. The number of halogens is 1. The third-order valence-electron chi connectivity index (χ3n) is 0. The Hall–Kier alpha value is 1.22. The summed E-state index contributed by atoms with van der Waals surface area (Å²) in [7, 11) is -3.67. The standard InChI is InChI=1S/CH4O3S.Ce.FH/c1-5(2,3)4;;/h1H3,(H,2,3,4);;1H. The van der Waals surface area contributed by atoms with Crippen LogP contribution >= 0.6 is 0 Å². The van der Waals surface area contributed by atoms with Gasteiger partial charge in [-0.25, -0.2) is 0 Å². The van der Waals surface area contributed by atoms with Crippen LogP contribution < -0.4 is 0 Å². The maximum absolute atomic E-state index is 9.19. The molecule has 0 saturated carbocycles. The molecule has 0 amide bonds. The zero-order valence-corrected chi connectivity index (χ0v) is 7.54. The zero-order chi connectivity index (χ0) is 4.50. The molecule has 0 saturated heterocycles. The van der Waals surface area contributed by atoms with E-state index in [0.717, 1.165) is 0 Å². The molecule has 0 rings (SSSR count). The van der Waals surface area contributed by atoms with Gasteiger partial charge in [-0.05, 0) is 0 Å². The zero-order valence-electron chi connectivity index (χ0n) is 3.58. The maximum Gasteiger partial charge on any atom is 0.261 e. The van der Waals surface area contributed by atoms with E-state index in [2.05, 4.69) is 0 Å². The summed E-state index contributed by atoms with van der Waals surface area (Å²) >= 11 is 0. The normalized spacial score (nSPS) is 8.29. The van der Waals surface area contributed by atoms with Crippen LogP contribution in [0.1, 0.15) is 0 Å². The van der Waals surface area contributed by atoms with Crippen molar-refractivity contribution in [1.29, 1.82) is 0 Å². The number of hydrogen-bond acceptors (Lipinski definition) is 2. The van der Waals surface area contributed by atoms with Gasteiger partial charge in [0.15, 0.2) is 0 Å². The predicted octanol–water partition coefficient (Wildman–Crippen LogP) is -0.343. The molecular formula is CH5CeFO3S. The second-order valence-corrected chi connectivity index (χ2v) is 2.20. The van der Waals surface area contributed by atoms with Crippen molar-refractivity contribution in [2.75, 3.05) is 6.26 Å². The molecule has 0 heterocycles. The van der Waals surface area contributed by atoms with Crippen molar-refractivity contribution >= 4 is 10.1 Å². The summed E-state index contributed by atoms with van der Waals surface area (Å²) in [6.07, 6.45) is 0.715. The molecule has 3 nitrogen and oxygen atoms in total. The Morgan fingerprint density at radius 3 is 1.43 bits per heavy atom. The Balaban J connectivity index is -0.0000000800. The van der Waals surface area contributed by atoms with Crippen LogP contribution in [0.5, 0.6) is 0 Å². The van der Waals surface area contributed by atoms with Crippen LogP contribution in [0.25, 0.3) is 0 Å². The van der Waals surface area contributed by atoms with E-state index in [0.29, 0.717) is 6.26 Å². The fraction of sp³-hybridized carbons (Fsp3) is 1.00. The van der Waals surface area contributed by atoms with Crippen LogP contribution in [-0.4, -0.2) is 19.2 Å². The van der Waals surface area contributed by atoms with Crippen molar-refractivity contribution in [2.45, 2.75) is 0 Å². The van der Waals surface area contributed by atoms with Crippen molar-refractivity contribution in [3.8, 4) is 0 Å². The SMILES string of the molecule is CS(=O)(=O)O.F.[Ce]. The monoisotopic (exact) mass is 256 g/mol. The number of rotatable bonds is 0. The van der Waals surface area contributed by atoms with Crippen LogP contribution in [0.2, 0.25) is 0 Å². The molecule has 0 atom stereocenters. The Labute approximate surface area is 75.0 Å². The second-order valence-electron chi connectivity index (χ2n) is 0.733. The Kier molecular flexibility index (Phi) is 12.0. The van der Waals surface area contributed by atoms with Gasteiger partial charge in [0, 0.05) is 41.7 Å². The fourth-order valence-electron chi connectivity index (χ4n) is 0. The first-order chi connectivity index (χ1) is 2.00. The van der Waals surface area contributed by atoms with E-state index < -0.39 is 10.1 Å². The summed E-state index contributed by atoms with van der Waals surface area (Å²) in [5.41, 5.74) is 0. The second kappa shape index (κ2) is 5.36. The summed E-state index contributed by atoms with van der Waals surface area (Å²) in [5, 5.41) is 0. The minimum absolute atomic E-state index is 0. The van der Waals surface area contributed by atoms with E-state index in [1.54, 1.807) is 0 Å². The summed E-state index contributed by atoms with van der Waals surface area (Å²) in [4.78, 5) is 0. The van der Waals surface area contributed by atoms with Crippen molar-refractivity contribution < 1.29 is 59.4 Å².